The molecule has 100 valence electrons. The Kier molecular flexibility index (Phi) is 5.58. The van der Waals surface area contributed by atoms with E-state index in [4.69, 9.17) is 5.84 Å². The van der Waals surface area contributed by atoms with Crippen molar-refractivity contribution < 1.29 is 0 Å². The molecule has 3 N–H and O–H groups in total. The van der Waals surface area contributed by atoms with Gasteiger partial charge in [-0.3, -0.25) is 11.3 Å². The Morgan fingerprint density at radius 3 is 2.53 bits per heavy atom. The molecule has 3 heteroatoms. The smallest absolute Gasteiger partial charge is 0.0460 e. The average Bonchev–Trinajstić information content (AvgIpc) is 2.45. The van der Waals surface area contributed by atoms with E-state index in [1.165, 1.54) is 11.1 Å². The van der Waals surface area contributed by atoms with Gasteiger partial charge in [-0.25, -0.2) is 0 Å². The molecule has 2 aromatic rings. The van der Waals surface area contributed by atoms with Crippen LogP contribution in [0.25, 0.3) is 0 Å². The third kappa shape index (κ3) is 4.46. The highest BCUT2D eigenvalue weighted by Crippen LogP contribution is 2.22. The quantitative estimate of drug-likeness (QED) is 0.624. The van der Waals surface area contributed by atoms with Gasteiger partial charge in [0.1, 0.15) is 0 Å². The molecule has 0 spiro atoms. The maximum Gasteiger partial charge on any atom is 0.0460 e. The second kappa shape index (κ2) is 7.43. The molecule has 0 bridgehead atoms. The predicted molar refractivity (Wildman–Crippen MR) is 83.6 cm³/mol. The Morgan fingerprint density at radius 2 is 1.84 bits per heavy atom. The lowest BCUT2D eigenvalue weighted by molar-refractivity contribution is 0.498. The molecule has 0 radical (unpaired) electrons. The summed E-state index contributed by atoms with van der Waals surface area (Å²) >= 11 is 3.50. The second-order valence-corrected chi connectivity index (χ2v) is 5.57. The van der Waals surface area contributed by atoms with Gasteiger partial charge in [0.15, 0.2) is 0 Å². The van der Waals surface area contributed by atoms with Gasteiger partial charge < -0.3 is 0 Å². The highest BCUT2D eigenvalue weighted by atomic mass is 79.9. The number of hydrazine groups is 1. The van der Waals surface area contributed by atoms with Gasteiger partial charge in [0.25, 0.3) is 0 Å². The van der Waals surface area contributed by atoms with Crippen molar-refractivity contribution in [3.8, 4) is 0 Å². The van der Waals surface area contributed by atoms with Crippen molar-refractivity contribution in [3.63, 3.8) is 0 Å². The Morgan fingerprint density at radius 1 is 1.05 bits per heavy atom. The predicted octanol–water partition coefficient (Wildman–Crippen LogP) is 3.98. The zero-order valence-corrected chi connectivity index (χ0v) is 12.4. The molecule has 0 aliphatic carbocycles. The van der Waals surface area contributed by atoms with Crippen molar-refractivity contribution >= 4 is 15.9 Å². The van der Waals surface area contributed by atoms with Crippen LogP contribution in [0.5, 0.6) is 0 Å². The van der Waals surface area contributed by atoms with Crippen molar-refractivity contribution in [1.82, 2.24) is 5.43 Å². The zero-order valence-electron chi connectivity index (χ0n) is 10.9. The highest BCUT2D eigenvalue weighted by Gasteiger charge is 2.09. The molecule has 0 saturated carbocycles. The summed E-state index contributed by atoms with van der Waals surface area (Å²) in [5.74, 6) is 5.67. The number of benzene rings is 2. The Hall–Kier alpha value is -1.16. The van der Waals surface area contributed by atoms with Gasteiger partial charge in [-0.1, -0.05) is 58.4 Å². The summed E-state index contributed by atoms with van der Waals surface area (Å²) in [4.78, 5) is 0. The fourth-order valence-electron chi connectivity index (χ4n) is 2.22. The molecule has 2 rings (SSSR count). The summed E-state index contributed by atoms with van der Waals surface area (Å²) < 4.78 is 1.09. The largest absolute Gasteiger partial charge is 0.271 e. The molecule has 0 amide bonds. The number of hydrogen-bond donors (Lipinski definition) is 2. The first-order valence-corrected chi connectivity index (χ1v) is 7.34. The van der Waals surface area contributed by atoms with E-state index in [0.717, 1.165) is 23.7 Å². The number of halogens is 1. The van der Waals surface area contributed by atoms with Crippen molar-refractivity contribution in [2.75, 3.05) is 0 Å². The number of rotatable bonds is 6. The lowest BCUT2D eigenvalue weighted by Crippen LogP contribution is -2.28. The summed E-state index contributed by atoms with van der Waals surface area (Å²) in [5.41, 5.74) is 5.52. The molecule has 1 atom stereocenters. The summed E-state index contributed by atoms with van der Waals surface area (Å²) in [6, 6.07) is 19.1. The number of aryl methyl sites for hydroxylation is 1. The fraction of sp³-hybridized carbons (Fsp3) is 0.250. The van der Waals surface area contributed by atoms with E-state index in [9.17, 15) is 0 Å². The minimum absolute atomic E-state index is 0.209. The van der Waals surface area contributed by atoms with Gasteiger partial charge in [-0.05, 0) is 42.5 Å². The molecule has 0 aliphatic rings. The maximum absolute atomic E-state index is 5.67. The summed E-state index contributed by atoms with van der Waals surface area (Å²) in [7, 11) is 0. The molecule has 0 saturated heterocycles. The van der Waals surface area contributed by atoms with E-state index in [2.05, 4.69) is 63.8 Å². The lowest BCUT2D eigenvalue weighted by atomic mass is 9.99. The molecular formula is C16H19BrN2. The van der Waals surface area contributed by atoms with E-state index in [1.54, 1.807) is 0 Å². The Balaban J connectivity index is 1.89. The Labute approximate surface area is 123 Å². The van der Waals surface area contributed by atoms with Crippen LogP contribution in [0.2, 0.25) is 0 Å². The van der Waals surface area contributed by atoms with Gasteiger partial charge in [-0.15, -0.1) is 0 Å². The van der Waals surface area contributed by atoms with Crippen LogP contribution >= 0.6 is 15.9 Å². The van der Waals surface area contributed by atoms with E-state index in [0.29, 0.717) is 0 Å². The summed E-state index contributed by atoms with van der Waals surface area (Å²) in [6.07, 6.45) is 3.24. The first-order valence-electron chi connectivity index (χ1n) is 6.55. The third-order valence-electron chi connectivity index (χ3n) is 3.25. The van der Waals surface area contributed by atoms with Gasteiger partial charge in [0, 0.05) is 10.5 Å². The van der Waals surface area contributed by atoms with Crippen molar-refractivity contribution in [1.29, 1.82) is 0 Å². The second-order valence-electron chi connectivity index (χ2n) is 4.65. The number of nitrogens with two attached hydrogens (primary N) is 1. The molecule has 2 aromatic carbocycles. The summed E-state index contributed by atoms with van der Waals surface area (Å²) in [6.45, 7) is 0. The van der Waals surface area contributed by atoms with Gasteiger partial charge in [0.2, 0.25) is 0 Å². The van der Waals surface area contributed by atoms with Crippen LogP contribution in [-0.2, 0) is 6.42 Å². The topological polar surface area (TPSA) is 38.0 Å². The molecule has 0 aliphatic heterocycles. The standard InChI is InChI=1S/C16H19BrN2/c17-15-10-5-9-14(12-15)16(19-18)11-4-8-13-6-2-1-3-7-13/h1-3,5-7,9-10,12,16,19H,4,8,11,18H2. The molecule has 1 unspecified atom stereocenters. The third-order valence-corrected chi connectivity index (χ3v) is 3.75. The van der Waals surface area contributed by atoms with Gasteiger partial charge >= 0.3 is 0 Å². The van der Waals surface area contributed by atoms with Crippen LogP contribution < -0.4 is 11.3 Å². The van der Waals surface area contributed by atoms with E-state index in [-0.39, 0.29) is 6.04 Å². The number of nitrogens with one attached hydrogen (secondary N) is 1. The average molecular weight is 319 g/mol. The van der Waals surface area contributed by atoms with Crippen LogP contribution in [0.15, 0.2) is 59.1 Å². The van der Waals surface area contributed by atoms with E-state index in [1.807, 2.05) is 12.1 Å². The van der Waals surface area contributed by atoms with Gasteiger partial charge in [0.05, 0.1) is 0 Å². The van der Waals surface area contributed by atoms with Crippen molar-refractivity contribution in [2.45, 2.75) is 25.3 Å². The highest BCUT2D eigenvalue weighted by molar-refractivity contribution is 9.10. The first-order chi connectivity index (χ1) is 9.29. The maximum atomic E-state index is 5.67. The normalized spacial score (nSPS) is 12.3. The molecule has 0 fully saturated rings. The van der Waals surface area contributed by atoms with Crippen LogP contribution in [-0.4, -0.2) is 0 Å². The molecule has 19 heavy (non-hydrogen) atoms. The van der Waals surface area contributed by atoms with Crippen LogP contribution in [0.1, 0.15) is 30.0 Å². The van der Waals surface area contributed by atoms with Crippen LogP contribution in [0, 0.1) is 0 Å². The monoisotopic (exact) mass is 318 g/mol. The zero-order chi connectivity index (χ0) is 13.5. The SMILES string of the molecule is NNC(CCCc1ccccc1)c1cccc(Br)c1. The molecule has 2 nitrogen and oxygen atoms in total. The number of hydrogen-bond acceptors (Lipinski definition) is 2. The lowest BCUT2D eigenvalue weighted by Gasteiger charge is -2.16. The van der Waals surface area contributed by atoms with Gasteiger partial charge in [-0.2, -0.15) is 0 Å². The van der Waals surface area contributed by atoms with E-state index < -0.39 is 0 Å². The summed E-state index contributed by atoms with van der Waals surface area (Å²) in [5, 5.41) is 0. The minimum atomic E-state index is 0.209. The van der Waals surface area contributed by atoms with E-state index >= 15 is 0 Å². The Bertz CT molecular complexity index is 499. The first kappa shape index (κ1) is 14.3. The molecular weight excluding hydrogens is 300 g/mol. The van der Waals surface area contributed by atoms with Crippen molar-refractivity contribution in [2.24, 2.45) is 5.84 Å². The molecule has 0 heterocycles. The minimum Gasteiger partial charge on any atom is -0.271 e. The fourth-order valence-corrected chi connectivity index (χ4v) is 2.64. The molecule has 0 aromatic heterocycles. The van der Waals surface area contributed by atoms with Crippen LogP contribution in [0.3, 0.4) is 0 Å². The van der Waals surface area contributed by atoms with Crippen molar-refractivity contribution in [3.05, 3.63) is 70.2 Å². The van der Waals surface area contributed by atoms with Crippen LogP contribution in [0.4, 0.5) is 0 Å².